The minimum Gasteiger partial charge on any atom is -0.486 e. The molecule has 2 amide bonds. The van der Waals surface area contributed by atoms with Crippen molar-refractivity contribution in [3.63, 3.8) is 0 Å². The maximum absolute atomic E-state index is 13.4. The summed E-state index contributed by atoms with van der Waals surface area (Å²) >= 11 is 0. The van der Waals surface area contributed by atoms with E-state index in [9.17, 15) is 14.7 Å². The lowest BCUT2D eigenvalue weighted by molar-refractivity contribution is -0.0113. The van der Waals surface area contributed by atoms with E-state index in [1.165, 1.54) is 11.3 Å². The van der Waals surface area contributed by atoms with Gasteiger partial charge in [0, 0.05) is 32.7 Å². The number of hydrogen-bond donors (Lipinski definition) is 3. The van der Waals surface area contributed by atoms with Gasteiger partial charge in [-0.3, -0.25) is 9.69 Å². The second kappa shape index (κ2) is 14.6. The molecule has 3 N–H and O–H groups in total. The van der Waals surface area contributed by atoms with E-state index in [0.717, 1.165) is 23.2 Å². The number of nitrogens with zero attached hydrogens (tertiary/aromatic N) is 5. The van der Waals surface area contributed by atoms with Gasteiger partial charge < -0.3 is 39.3 Å². The van der Waals surface area contributed by atoms with Gasteiger partial charge in [0.15, 0.2) is 12.2 Å². The van der Waals surface area contributed by atoms with Crippen molar-refractivity contribution in [1.82, 2.24) is 25.2 Å². The van der Waals surface area contributed by atoms with E-state index >= 15 is 0 Å². The highest BCUT2D eigenvalue weighted by Crippen LogP contribution is 2.30. The standard InChI is InChI=1S/C33H45N7O7/c1-7-10-39(6)31-37-25(13-29(38-31)36-23-16-44-17-23)30(42)34-14-27(41)26-12-21-8-9-24(45-18-28-20(2)35-19-46-28)11-22(21)15-40(26)32(43)47-33(3,4)5/h8-9,11,13,19,23,26-27,41H,7,10,12,14-18H2,1-6H3,(H,34,42)(H,36,37,38)/t26-,27+/m0/s1. The molecule has 2 aliphatic heterocycles. The lowest BCUT2D eigenvalue weighted by atomic mass is 9.91. The maximum atomic E-state index is 13.4. The Morgan fingerprint density at radius 3 is 2.64 bits per heavy atom. The van der Waals surface area contributed by atoms with Crippen LogP contribution in [0.5, 0.6) is 5.75 Å². The Labute approximate surface area is 274 Å². The average Bonchev–Trinajstić information content (AvgIpc) is 3.43. The van der Waals surface area contributed by atoms with Crippen LogP contribution in [-0.4, -0.2) is 94.1 Å². The van der Waals surface area contributed by atoms with Gasteiger partial charge in [0.05, 0.1) is 37.1 Å². The van der Waals surface area contributed by atoms with Crippen LogP contribution < -0.4 is 20.3 Å². The smallest absolute Gasteiger partial charge is 0.410 e. The quantitative estimate of drug-likeness (QED) is 0.262. The number of aliphatic hydroxyl groups excluding tert-OH is 1. The third-order valence-electron chi connectivity index (χ3n) is 7.94. The number of nitrogens with one attached hydrogen (secondary N) is 2. The molecule has 0 radical (unpaired) electrons. The van der Waals surface area contributed by atoms with Gasteiger partial charge >= 0.3 is 6.09 Å². The molecule has 1 fully saturated rings. The number of amides is 2. The molecule has 2 atom stereocenters. The number of carbonyl (C=O) groups is 2. The Kier molecular flexibility index (Phi) is 10.5. The van der Waals surface area contributed by atoms with Gasteiger partial charge in [0.2, 0.25) is 5.95 Å². The third kappa shape index (κ3) is 8.69. The second-order valence-corrected chi connectivity index (χ2v) is 13.0. The Morgan fingerprint density at radius 1 is 1.19 bits per heavy atom. The SMILES string of the molecule is CCCN(C)c1nc(NC2COC2)cc(C(=O)NC[C@@H](O)[C@@H]2Cc3ccc(OCc4ocnc4C)cc3CN2C(=O)OC(C)(C)C)n1. The van der Waals surface area contributed by atoms with E-state index in [4.69, 9.17) is 18.6 Å². The van der Waals surface area contributed by atoms with Gasteiger partial charge in [-0.1, -0.05) is 13.0 Å². The fraction of sp³-hybridized carbons (Fsp3) is 0.545. The van der Waals surface area contributed by atoms with Crippen LogP contribution in [0.1, 0.15) is 67.2 Å². The molecule has 5 rings (SSSR count). The molecule has 0 unspecified atom stereocenters. The molecule has 0 saturated carbocycles. The molecule has 254 valence electrons. The number of carbonyl (C=O) groups excluding carboxylic acids is 2. The van der Waals surface area contributed by atoms with E-state index in [2.05, 4.69) is 32.5 Å². The maximum Gasteiger partial charge on any atom is 0.410 e. The van der Waals surface area contributed by atoms with Crippen LogP contribution in [0.3, 0.4) is 0 Å². The fourth-order valence-corrected chi connectivity index (χ4v) is 5.34. The minimum atomic E-state index is -1.10. The zero-order chi connectivity index (χ0) is 33.7. The number of fused-ring (bicyclic) bond motifs is 1. The van der Waals surface area contributed by atoms with Gasteiger partial charge in [-0.2, -0.15) is 4.98 Å². The summed E-state index contributed by atoms with van der Waals surface area (Å²) in [5.41, 5.74) is 2.01. The second-order valence-electron chi connectivity index (χ2n) is 13.0. The highest BCUT2D eigenvalue weighted by molar-refractivity contribution is 5.93. The molecule has 3 aromatic rings. The zero-order valence-corrected chi connectivity index (χ0v) is 27.9. The lowest BCUT2D eigenvalue weighted by Crippen LogP contribution is -2.54. The summed E-state index contributed by atoms with van der Waals surface area (Å²) in [6.45, 7) is 11.4. The summed E-state index contributed by atoms with van der Waals surface area (Å²) in [5.74, 6) is 1.73. The monoisotopic (exact) mass is 651 g/mol. The highest BCUT2D eigenvalue weighted by atomic mass is 16.6. The molecule has 2 aliphatic rings. The highest BCUT2D eigenvalue weighted by Gasteiger charge is 2.37. The molecule has 14 nitrogen and oxygen atoms in total. The fourth-order valence-electron chi connectivity index (χ4n) is 5.34. The molecule has 1 aromatic carbocycles. The zero-order valence-electron chi connectivity index (χ0n) is 27.9. The van der Waals surface area contributed by atoms with E-state index in [-0.39, 0.29) is 31.4 Å². The normalized spacial score (nSPS) is 16.9. The largest absolute Gasteiger partial charge is 0.486 e. The van der Waals surface area contributed by atoms with Gasteiger partial charge in [-0.05, 0) is 63.8 Å². The van der Waals surface area contributed by atoms with Crippen LogP contribution in [0, 0.1) is 6.92 Å². The van der Waals surface area contributed by atoms with Crippen molar-refractivity contribution in [1.29, 1.82) is 0 Å². The summed E-state index contributed by atoms with van der Waals surface area (Å²) in [7, 11) is 1.87. The minimum absolute atomic E-state index is 0.111. The number of oxazole rings is 1. The number of aryl methyl sites for hydroxylation is 1. The number of rotatable bonds is 12. The molecule has 14 heteroatoms. The summed E-state index contributed by atoms with van der Waals surface area (Å²) < 4.78 is 22.3. The lowest BCUT2D eigenvalue weighted by Gasteiger charge is -2.40. The van der Waals surface area contributed by atoms with Crippen LogP contribution in [0.25, 0.3) is 0 Å². The Hall–Kier alpha value is -4.43. The van der Waals surface area contributed by atoms with Crippen molar-refractivity contribution >= 4 is 23.8 Å². The Bertz CT molecular complexity index is 1550. The molecular formula is C33H45N7O7. The third-order valence-corrected chi connectivity index (χ3v) is 7.94. The van der Waals surface area contributed by atoms with Crippen LogP contribution >= 0.6 is 0 Å². The van der Waals surface area contributed by atoms with Crippen LogP contribution in [0.4, 0.5) is 16.6 Å². The summed E-state index contributed by atoms with van der Waals surface area (Å²) in [6.07, 6.45) is 0.961. The molecule has 0 spiro atoms. The van der Waals surface area contributed by atoms with Gasteiger partial charge in [0.1, 0.15) is 29.5 Å². The van der Waals surface area contributed by atoms with Crippen molar-refractivity contribution in [2.45, 2.75) is 84.4 Å². The Balaban J connectivity index is 1.30. The molecule has 1 saturated heterocycles. The number of ether oxygens (including phenoxy) is 3. The average molecular weight is 652 g/mol. The molecule has 0 bridgehead atoms. The van der Waals surface area contributed by atoms with E-state index in [0.29, 0.717) is 49.5 Å². The summed E-state index contributed by atoms with van der Waals surface area (Å²) in [5, 5.41) is 17.5. The number of benzene rings is 1. The van der Waals surface area contributed by atoms with Crippen LogP contribution in [-0.2, 0) is 29.0 Å². The van der Waals surface area contributed by atoms with Crippen molar-refractivity contribution in [3.05, 3.63) is 58.9 Å². The first-order chi connectivity index (χ1) is 22.4. The predicted octanol–water partition coefficient (Wildman–Crippen LogP) is 3.46. The summed E-state index contributed by atoms with van der Waals surface area (Å²) in [4.78, 5) is 43.4. The van der Waals surface area contributed by atoms with Crippen molar-refractivity contribution in [2.24, 2.45) is 0 Å². The molecule has 0 aliphatic carbocycles. The van der Waals surface area contributed by atoms with Crippen molar-refractivity contribution in [3.8, 4) is 5.75 Å². The number of anilines is 2. The first-order valence-electron chi connectivity index (χ1n) is 15.9. The first-order valence-corrected chi connectivity index (χ1v) is 15.9. The van der Waals surface area contributed by atoms with Crippen molar-refractivity contribution in [2.75, 3.05) is 43.6 Å². The molecular weight excluding hydrogens is 606 g/mol. The number of aromatic nitrogens is 3. The number of hydrogen-bond acceptors (Lipinski definition) is 12. The summed E-state index contributed by atoms with van der Waals surface area (Å²) in [6, 6.07) is 6.71. The van der Waals surface area contributed by atoms with E-state index < -0.39 is 29.7 Å². The number of aliphatic hydroxyl groups is 1. The van der Waals surface area contributed by atoms with E-state index in [1.807, 2.05) is 37.1 Å². The first kappa shape index (κ1) is 33.9. The van der Waals surface area contributed by atoms with Crippen LogP contribution in [0.2, 0.25) is 0 Å². The van der Waals surface area contributed by atoms with Gasteiger partial charge in [-0.25, -0.2) is 14.8 Å². The molecule has 47 heavy (non-hydrogen) atoms. The predicted molar refractivity (Wildman–Crippen MR) is 173 cm³/mol. The van der Waals surface area contributed by atoms with Crippen molar-refractivity contribution < 1.29 is 33.3 Å². The molecule has 2 aromatic heterocycles. The van der Waals surface area contributed by atoms with Gasteiger partial charge in [-0.15, -0.1) is 0 Å². The Morgan fingerprint density at radius 2 is 1.98 bits per heavy atom. The van der Waals surface area contributed by atoms with Crippen LogP contribution in [0.15, 0.2) is 35.1 Å². The molecule has 4 heterocycles. The van der Waals surface area contributed by atoms with E-state index in [1.54, 1.807) is 26.8 Å². The van der Waals surface area contributed by atoms with Gasteiger partial charge in [0.25, 0.3) is 5.91 Å². The topological polar surface area (TPSA) is 164 Å².